The predicted octanol–water partition coefficient (Wildman–Crippen LogP) is 4.19. The number of carbonyl (C=O) groups excluding carboxylic acids is 1. The number of hydrogen-bond donors (Lipinski definition) is 1. The number of nitrogens with one attached hydrogen (secondary N) is 1. The van der Waals surface area contributed by atoms with Crippen molar-refractivity contribution in [2.24, 2.45) is 0 Å². The Labute approximate surface area is 222 Å². The molecule has 0 spiro atoms. The van der Waals surface area contributed by atoms with Crippen LogP contribution >= 0.6 is 11.8 Å². The Morgan fingerprint density at radius 1 is 1.18 bits per heavy atom. The summed E-state index contributed by atoms with van der Waals surface area (Å²) in [5, 5.41) is 2.98. The highest BCUT2D eigenvalue weighted by molar-refractivity contribution is 7.99. The highest BCUT2D eigenvalue weighted by atomic mass is 32.2. The van der Waals surface area contributed by atoms with Crippen LogP contribution in [0.3, 0.4) is 0 Å². The molecule has 194 valence electrons. The molecule has 0 radical (unpaired) electrons. The first kappa shape index (κ1) is 24.6. The molecule has 4 aromatic rings. The number of ether oxygens (including phenoxy) is 1. The lowest BCUT2D eigenvalue weighted by Crippen LogP contribution is -2.36. The third-order valence-corrected chi connectivity index (χ3v) is 7.95. The standard InChI is InChI=1S/C28H26FN5O3S/c29-21-15-19-24-26(27(21)38-14-7-18-16-30-8-9-31-18)37-23-6-2-1-5-22(23)34(24)17-20(25(19)35)28(36)32-10-13-33-11-3-4-12-33/h1-2,5-6,8-9,15-17H,3-4,7,10-14H2,(H,32,36). The van der Waals surface area contributed by atoms with Gasteiger partial charge >= 0.3 is 0 Å². The lowest BCUT2D eigenvalue weighted by atomic mass is 10.1. The maximum absolute atomic E-state index is 15.5. The minimum absolute atomic E-state index is 0.0240. The van der Waals surface area contributed by atoms with Crippen molar-refractivity contribution >= 4 is 28.6 Å². The van der Waals surface area contributed by atoms with E-state index in [9.17, 15) is 9.59 Å². The fourth-order valence-electron chi connectivity index (χ4n) is 4.99. The van der Waals surface area contributed by atoms with Gasteiger partial charge in [-0.05, 0) is 44.1 Å². The molecule has 0 unspecified atom stereocenters. The van der Waals surface area contributed by atoms with Crippen molar-refractivity contribution in [3.05, 3.63) is 82.4 Å². The summed E-state index contributed by atoms with van der Waals surface area (Å²) in [4.78, 5) is 37.5. The molecule has 10 heteroatoms. The highest BCUT2D eigenvalue weighted by Crippen LogP contribution is 2.46. The molecule has 2 aliphatic heterocycles. The Kier molecular flexibility index (Phi) is 6.82. The van der Waals surface area contributed by atoms with Crippen molar-refractivity contribution in [3.8, 4) is 17.2 Å². The average molecular weight is 532 g/mol. The third-order valence-electron chi connectivity index (χ3n) is 6.87. The summed E-state index contributed by atoms with van der Waals surface area (Å²) in [6.07, 6.45) is 9.39. The van der Waals surface area contributed by atoms with E-state index in [0.29, 0.717) is 40.6 Å². The fourth-order valence-corrected chi connectivity index (χ4v) is 5.97. The van der Waals surface area contributed by atoms with E-state index in [1.807, 2.05) is 18.2 Å². The van der Waals surface area contributed by atoms with Crippen LogP contribution in [0.1, 0.15) is 28.9 Å². The lowest BCUT2D eigenvalue weighted by Gasteiger charge is -2.25. The summed E-state index contributed by atoms with van der Waals surface area (Å²) in [6, 6.07) is 8.54. The summed E-state index contributed by atoms with van der Waals surface area (Å²) >= 11 is 1.30. The summed E-state index contributed by atoms with van der Waals surface area (Å²) in [5.41, 5.74) is 1.39. The number of nitrogens with zero attached hydrogens (tertiary/aromatic N) is 4. The number of aryl methyl sites for hydroxylation is 1. The van der Waals surface area contributed by atoms with Crippen LogP contribution in [0.5, 0.6) is 11.5 Å². The Hall–Kier alpha value is -3.76. The summed E-state index contributed by atoms with van der Waals surface area (Å²) in [5.74, 6) is 0.313. The van der Waals surface area contributed by atoms with Crippen molar-refractivity contribution in [3.63, 3.8) is 0 Å². The van der Waals surface area contributed by atoms with Crippen LogP contribution in [-0.2, 0) is 6.42 Å². The summed E-state index contributed by atoms with van der Waals surface area (Å²) in [6.45, 7) is 3.22. The largest absolute Gasteiger partial charge is 0.452 e. The number of likely N-dealkylation sites (tertiary alicyclic amines) is 1. The molecule has 1 fully saturated rings. The molecule has 0 aliphatic carbocycles. The Balaban J connectivity index is 1.37. The van der Waals surface area contributed by atoms with E-state index in [0.717, 1.165) is 25.3 Å². The first-order valence-corrected chi connectivity index (χ1v) is 13.7. The lowest BCUT2D eigenvalue weighted by molar-refractivity contribution is 0.0948. The second kappa shape index (κ2) is 10.5. The molecular formula is C28H26FN5O3S. The molecule has 0 bridgehead atoms. The van der Waals surface area contributed by atoms with Crippen molar-refractivity contribution in [1.82, 2.24) is 24.8 Å². The Morgan fingerprint density at radius 2 is 2.03 bits per heavy atom. The van der Waals surface area contributed by atoms with Gasteiger partial charge in [0.1, 0.15) is 16.9 Å². The Bertz CT molecular complexity index is 1570. The van der Waals surface area contributed by atoms with E-state index in [-0.39, 0.29) is 16.7 Å². The number of aromatic nitrogens is 3. The van der Waals surface area contributed by atoms with E-state index in [4.69, 9.17) is 4.74 Å². The van der Waals surface area contributed by atoms with Crippen LogP contribution in [0.4, 0.5) is 4.39 Å². The molecule has 2 aromatic carbocycles. The van der Waals surface area contributed by atoms with Gasteiger partial charge < -0.3 is 19.5 Å². The molecular weight excluding hydrogens is 505 g/mol. The number of rotatable bonds is 8. The quantitative estimate of drug-likeness (QED) is 0.301. The number of carbonyl (C=O) groups is 1. The number of pyridine rings is 1. The van der Waals surface area contributed by atoms with Crippen LogP contribution in [0.25, 0.3) is 16.6 Å². The van der Waals surface area contributed by atoms with E-state index >= 15 is 4.39 Å². The first-order valence-electron chi connectivity index (χ1n) is 12.7. The molecule has 0 atom stereocenters. The van der Waals surface area contributed by atoms with Crippen LogP contribution in [-0.4, -0.2) is 57.3 Å². The zero-order chi connectivity index (χ0) is 26.1. The minimum atomic E-state index is -0.564. The maximum Gasteiger partial charge on any atom is 0.256 e. The molecule has 1 saturated heterocycles. The number of amides is 1. The van der Waals surface area contributed by atoms with Gasteiger partial charge in [-0.3, -0.25) is 19.6 Å². The smallest absolute Gasteiger partial charge is 0.256 e. The monoisotopic (exact) mass is 531 g/mol. The van der Waals surface area contributed by atoms with Gasteiger partial charge in [0.25, 0.3) is 5.91 Å². The molecule has 0 saturated carbocycles. The second-order valence-electron chi connectivity index (χ2n) is 9.32. The number of fused-ring (bicyclic) bond motifs is 2. The molecule has 4 heterocycles. The van der Waals surface area contributed by atoms with Crippen LogP contribution < -0.4 is 15.5 Å². The van der Waals surface area contributed by atoms with Gasteiger partial charge in [-0.25, -0.2) is 4.39 Å². The molecule has 2 aliphatic rings. The topological polar surface area (TPSA) is 89.4 Å². The van der Waals surface area contributed by atoms with Gasteiger partial charge in [-0.1, -0.05) is 12.1 Å². The van der Waals surface area contributed by atoms with Gasteiger partial charge in [0.15, 0.2) is 11.5 Å². The summed E-state index contributed by atoms with van der Waals surface area (Å²) < 4.78 is 23.5. The predicted molar refractivity (Wildman–Crippen MR) is 144 cm³/mol. The SMILES string of the molecule is O=C(NCCN1CCCC1)c1cn2c3c(c(SCCc4cnccn4)c(F)cc3c1=O)Oc1ccccc1-2. The minimum Gasteiger partial charge on any atom is -0.452 e. The molecule has 1 amide bonds. The van der Waals surface area contributed by atoms with Gasteiger partial charge in [0.2, 0.25) is 5.43 Å². The van der Waals surface area contributed by atoms with E-state index in [1.165, 1.54) is 30.7 Å². The van der Waals surface area contributed by atoms with Gasteiger partial charge in [-0.15, -0.1) is 11.8 Å². The molecule has 6 rings (SSSR count). The molecule has 38 heavy (non-hydrogen) atoms. The van der Waals surface area contributed by atoms with Gasteiger partial charge in [0.05, 0.1) is 21.7 Å². The average Bonchev–Trinajstić information content (AvgIpc) is 3.45. The van der Waals surface area contributed by atoms with E-state index < -0.39 is 17.2 Å². The highest BCUT2D eigenvalue weighted by Gasteiger charge is 2.28. The van der Waals surface area contributed by atoms with Crippen molar-refractivity contribution in [2.45, 2.75) is 24.2 Å². The zero-order valence-electron chi connectivity index (χ0n) is 20.7. The Morgan fingerprint density at radius 3 is 2.84 bits per heavy atom. The van der Waals surface area contributed by atoms with E-state index in [1.54, 1.807) is 35.4 Å². The van der Waals surface area contributed by atoms with Crippen LogP contribution in [0.2, 0.25) is 0 Å². The second-order valence-corrected chi connectivity index (χ2v) is 10.4. The number of hydrogen-bond acceptors (Lipinski definition) is 7. The number of thioether (sulfide) groups is 1. The van der Waals surface area contributed by atoms with Gasteiger partial charge in [0, 0.05) is 50.1 Å². The van der Waals surface area contributed by atoms with Gasteiger partial charge in [-0.2, -0.15) is 0 Å². The van der Waals surface area contributed by atoms with Crippen molar-refractivity contribution in [1.29, 1.82) is 0 Å². The van der Waals surface area contributed by atoms with Crippen LogP contribution in [0.15, 0.2) is 64.8 Å². The fraction of sp³-hybridized carbons (Fsp3) is 0.286. The number of benzene rings is 2. The molecule has 1 N–H and O–H groups in total. The van der Waals surface area contributed by atoms with Crippen molar-refractivity contribution < 1.29 is 13.9 Å². The first-order chi connectivity index (χ1) is 18.6. The normalized spacial score (nSPS) is 14.3. The zero-order valence-corrected chi connectivity index (χ0v) is 21.5. The number of halogens is 1. The summed E-state index contributed by atoms with van der Waals surface area (Å²) in [7, 11) is 0. The maximum atomic E-state index is 15.5. The third kappa shape index (κ3) is 4.65. The molecule has 2 aromatic heterocycles. The number of para-hydroxylation sites is 2. The molecule has 8 nitrogen and oxygen atoms in total. The van der Waals surface area contributed by atoms with Crippen molar-refractivity contribution in [2.75, 3.05) is 31.9 Å². The van der Waals surface area contributed by atoms with E-state index in [2.05, 4.69) is 20.2 Å². The van der Waals surface area contributed by atoms with Crippen LogP contribution in [0, 0.1) is 5.82 Å².